The first-order chi connectivity index (χ1) is 10.0. The second-order valence-corrected chi connectivity index (χ2v) is 6.37. The molecular formula is C15H17NO4S. The molecule has 5 nitrogen and oxygen atoms in total. The van der Waals surface area contributed by atoms with Crippen LogP contribution >= 0.6 is 11.8 Å². The molecule has 1 amide bonds. The number of amides is 1. The van der Waals surface area contributed by atoms with Crippen molar-refractivity contribution < 1.29 is 19.4 Å². The molecule has 0 aliphatic carbocycles. The van der Waals surface area contributed by atoms with Crippen LogP contribution in [-0.4, -0.2) is 47.7 Å². The largest absolute Gasteiger partial charge is 0.465 e. The number of thioether (sulfide) groups is 1. The van der Waals surface area contributed by atoms with Gasteiger partial charge in [-0.15, -0.1) is 11.8 Å². The average molecular weight is 307 g/mol. The third-order valence-electron chi connectivity index (χ3n) is 4.23. The van der Waals surface area contributed by atoms with Gasteiger partial charge in [-0.1, -0.05) is 18.2 Å². The van der Waals surface area contributed by atoms with Crippen LogP contribution in [0.4, 0.5) is 5.69 Å². The summed E-state index contributed by atoms with van der Waals surface area (Å²) in [4.78, 5) is 26.7. The maximum Gasteiger partial charge on any atom is 0.320 e. The monoisotopic (exact) mass is 307 g/mol. The van der Waals surface area contributed by atoms with Crippen LogP contribution in [0.1, 0.15) is 12.5 Å². The minimum absolute atomic E-state index is 0.237. The summed E-state index contributed by atoms with van der Waals surface area (Å²) >= 11 is 1.29. The van der Waals surface area contributed by atoms with E-state index in [-0.39, 0.29) is 12.5 Å². The summed E-state index contributed by atoms with van der Waals surface area (Å²) in [6, 6.07) is 7.32. The van der Waals surface area contributed by atoms with Gasteiger partial charge in [0, 0.05) is 18.5 Å². The highest BCUT2D eigenvalue weighted by molar-refractivity contribution is 8.01. The Morgan fingerprint density at radius 3 is 2.95 bits per heavy atom. The van der Waals surface area contributed by atoms with Crippen LogP contribution in [0.3, 0.4) is 0 Å². The van der Waals surface area contributed by atoms with E-state index in [4.69, 9.17) is 4.74 Å². The van der Waals surface area contributed by atoms with Crippen LogP contribution < -0.4 is 4.90 Å². The molecule has 0 aromatic heterocycles. The van der Waals surface area contributed by atoms with Crippen LogP contribution in [0, 0.1) is 0 Å². The number of aliphatic hydroxyl groups excluding tert-OH is 1. The van der Waals surface area contributed by atoms with Crippen LogP contribution in [0.25, 0.3) is 0 Å². The second kappa shape index (κ2) is 5.03. The van der Waals surface area contributed by atoms with Crippen LogP contribution in [0.5, 0.6) is 0 Å². The SMILES string of the molecule is CCOC(=O)[C@H]1SC[C@H](O)[C@]12C(=O)N(C)c1ccccc12. The quantitative estimate of drug-likeness (QED) is 0.824. The molecule has 1 N–H and O–H groups in total. The Labute approximate surface area is 127 Å². The van der Waals surface area contributed by atoms with Crippen molar-refractivity contribution >= 4 is 29.3 Å². The third-order valence-corrected chi connectivity index (χ3v) is 5.64. The molecule has 0 unspecified atom stereocenters. The van der Waals surface area contributed by atoms with Gasteiger partial charge in [0.1, 0.15) is 10.7 Å². The smallest absolute Gasteiger partial charge is 0.320 e. The van der Waals surface area contributed by atoms with Crippen molar-refractivity contribution in [2.45, 2.75) is 23.7 Å². The predicted octanol–water partition coefficient (Wildman–Crippen LogP) is 0.940. The van der Waals surface area contributed by atoms with Gasteiger partial charge in [-0.25, -0.2) is 0 Å². The fourth-order valence-corrected chi connectivity index (χ4v) is 4.78. The fourth-order valence-electron chi connectivity index (χ4n) is 3.29. The highest BCUT2D eigenvalue weighted by Gasteiger charge is 2.65. The van der Waals surface area contributed by atoms with E-state index >= 15 is 0 Å². The molecule has 1 fully saturated rings. The Balaban J connectivity index is 2.17. The number of hydrogen-bond donors (Lipinski definition) is 1. The molecule has 2 aliphatic heterocycles. The van der Waals surface area contributed by atoms with Crippen molar-refractivity contribution in [1.29, 1.82) is 0 Å². The third kappa shape index (κ3) is 1.75. The average Bonchev–Trinajstić information content (AvgIpc) is 2.93. The van der Waals surface area contributed by atoms with Crippen molar-refractivity contribution in [3.05, 3.63) is 29.8 Å². The van der Waals surface area contributed by atoms with Gasteiger partial charge in [-0.2, -0.15) is 0 Å². The molecule has 1 spiro atoms. The molecule has 1 aromatic rings. The Hall–Kier alpha value is -1.53. The lowest BCUT2D eigenvalue weighted by molar-refractivity contribution is -0.147. The van der Waals surface area contributed by atoms with Crippen molar-refractivity contribution in [3.63, 3.8) is 0 Å². The van der Waals surface area contributed by atoms with Gasteiger partial charge >= 0.3 is 5.97 Å². The first-order valence-electron chi connectivity index (χ1n) is 6.89. The summed E-state index contributed by atoms with van der Waals surface area (Å²) in [5.41, 5.74) is 0.244. The summed E-state index contributed by atoms with van der Waals surface area (Å²) in [5, 5.41) is 9.82. The van der Waals surface area contributed by atoms with Gasteiger partial charge in [0.2, 0.25) is 5.91 Å². The standard InChI is InChI=1S/C15H17NO4S/c1-3-20-13(18)12-15(11(17)8-21-12)9-6-4-5-7-10(9)16(2)14(15)19/h4-7,11-12,17H,3,8H2,1-2H3/t11-,12+,15-/m0/s1. The second-order valence-electron chi connectivity index (χ2n) is 5.23. The number of aliphatic hydroxyl groups is 1. The molecule has 3 rings (SSSR count). The molecule has 0 radical (unpaired) electrons. The maximum absolute atomic E-state index is 12.9. The molecule has 3 atom stereocenters. The summed E-state index contributed by atoms with van der Waals surface area (Å²) in [5.74, 6) is -0.325. The zero-order valence-corrected chi connectivity index (χ0v) is 12.7. The number of para-hydroxylation sites is 1. The van der Waals surface area contributed by atoms with Crippen LogP contribution in [0.15, 0.2) is 24.3 Å². The Bertz CT molecular complexity index is 605. The summed E-state index contributed by atoms with van der Waals surface area (Å²) in [7, 11) is 1.67. The predicted molar refractivity (Wildman–Crippen MR) is 80.4 cm³/mol. The van der Waals surface area contributed by atoms with Crippen LogP contribution in [0.2, 0.25) is 0 Å². The molecule has 0 bridgehead atoms. The molecule has 0 saturated carbocycles. The van der Waals surface area contributed by atoms with E-state index in [9.17, 15) is 14.7 Å². The lowest BCUT2D eigenvalue weighted by Crippen LogP contribution is -2.53. The number of ether oxygens (including phenoxy) is 1. The number of rotatable bonds is 2. The number of likely N-dealkylation sites (N-methyl/N-ethyl adjacent to an activating group) is 1. The number of nitrogens with zero attached hydrogens (tertiary/aromatic N) is 1. The van der Waals surface area contributed by atoms with Crippen molar-refractivity contribution in [1.82, 2.24) is 0 Å². The highest BCUT2D eigenvalue weighted by Crippen LogP contribution is 2.53. The first kappa shape index (κ1) is 14.4. The van der Waals surface area contributed by atoms with Gasteiger partial charge in [-0.3, -0.25) is 9.59 Å². The number of hydrogen-bond acceptors (Lipinski definition) is 5. The van der Waals surface area contributed by atoms with E-state index in [1.807, 2.05) is 24.3 Å². The Morgan fingerprint density at radius 1 is 1.52 bits per heavy atom. The number of carbonyl (C=O) groups is 2. The fraction of sp³-hybridized carbons (Fsp3) is 0.467. The van der Waals surface area contributed by atoms with Crippen molar-refractivity contribution in [2.24, 2.45) is 0 Å². The van der Waals surface area contributed by atoms with Gasteiger partial charge in [0.15, 0.2) is 0 Å². The van der Waals surface area contributed by atoms with E-state index in [0.717, 1.165) is 5.69 Å². The van der Waals surface area contributed by atoms with Gasteiger partial charge in [0.25, 0.3) is 0 Å². The minimum atomic E-state index is -1.22. The lowest BCUT2D eigenvalue weighted by atomic mass is 9.74. The van der Waals surface area contributed by atoms with Crippen molar-refractivity contribution in [2.75, 3.05) is 24.3 Å². The van der Waals surface area contributed by atoms with Crippen molar-refractivity contribution in [3.8, 4) is 0 Å². The van der Waals surface area contributed by atoms with Crippen LogP contribution in [-0.2, 0) is 19.7 Å². The maximum atomic E-state index is 12.9. The van der Waals surface area contributed by atoms with Gasteiger partial charge < -0.3 is 14.7 Å². The normalized spacial score (nSPS) is 30.8. The Kier molecular flexibility index (Phi) is 3.45. The Morgan fingerprint density at radius 2 is 2.24 bits per heavy atom. The zero-order chi connectivity index (χ0) is 15.2. The molecule has 2 heterocycles. The van der Waals surface area contributed by atoms with E-state index in [2.05, 4.69) is 0 Å². The summed E-state index contributed by atoms with van der Waals surface area (Å²) in [6.07, 6.45) is -0.893. The lowest BCUT2D eigenvalue weighted by Gasteiger charge is -2.30. The first-order valence-corrected chi connectivity index (χ1v) is 7.94. The van der Waals surface area contributed by atoms with Gasteiger partial charge in [0.05, 0.1) is 12.7 Å². The van der Waals surface area contributed by atoms with E-state index in [1.165, 1.54) is 16.7 Å². The number of anilines is 1. The minimum Gasteiger partial charge on any atom is -0.465 e. The zero-order valence-electron chi connectivity index (χ0n) is 11.9. The van der Waals surface area contributed by atoms with Gasteiger partial charge in [-0.05, 0) is 18.6 Å². The number of fused-ring (bicyclic) bond motifs is 2. The van der Waals surface area contributed by atoms with E-state index in [1.54, 1.807) is 14.0 Å². The molecule has 2 aliphatic rings. The molecule has 21 heavy (non-hydrogen) atoms. The van der Waals surface area contributed by atoms with E-state index in [0.29, 0.717) is 11.3 Å². The number of benzene rings is 1. The van der Waals surface area contributed by atoms with E-state index < -0.39 is 22.7 Å². The molecule has 1 saturated heterocycles. The summed E-state index contributed by atoms with van der Waals surface area (Å²) < 4.78 is 5.12. The molecule has 1 aromatic carbocycles. The highest BCUT2D eigenvalue weighted by atomic mass is 32.2. The molecule has 112 valence electrons. The number of esters is 1. The molecular weight excluding hydrogens is 290 g/mol. The number of carbonyl (C=O) groups excluding carboxylic acids is 2. The molecule has 6 heteroatoms. The summed E-state index contributed by atoms with van der Waals surface area (Å²) in [6.45, 7) is 1.99. The topological polar surface area (TPSA) is 66.8 Å².